The minimum Gasteiger partial charge on any atom is -0.491 e. The van der Waals surface area contributed by atoms with Gasteiger partial charge in [-0.25, -0.2) is 0 Å². The second-order valence-corrected chi connectivity index (χ2v) is 7.65. The van der Waals surface area contributed by atoms with Crippen LogP contribution in [0.25, 0.3) is 0 Å². The quantitative estimate of drug-likeness (QED) is 0.308. The van der Waals surface area contributed by atoms with E-state index in [4.69, 9.17) is 4.74 Å². The molecule has 0 unspecified atom stereocenters. The number of amides is 1. The van der Waals surface area contributed by atoms with Gasteiger partial charge in [0, 0.05) is 6.92 Å². The Kier molecular flexibility index (Phi) is 13.5. The van der Waals surface area contributed by atoms with E-state index >= 15 is 0 Å². The first kappa shape index (κ1) is 23.5. The molecule has 0 aliphatic heterocycles. The van der Waals surface area contributed by atoms with Crippen molar-refractivity contribution >= 4 is 11.6 Å². The molecule has 0 saturated heterocycles. The van der Waals surface area contributed by atoms with Crippen LogP contribution in [0.15, 0.2) is 18.2 Å². The Morgan fingerprint density at radius 2 is 1.44 bits per heavy atom. The zero-order chi connectivity index (χ0) is 19.7. The van der Waals surface area contributed by atoms with Gasteiger partial charge in [0.15, 0.2) is 0 Å². The van der Waals surface area contributed by atoms with Crippen LogP contribution in [-0.4, -0.2) is 12.5 Å². The fourth-order valence-electron chi connectivity index (χ4n) is 3.32. The van der Waals surface area contributed by atoms with E-state index in [1.165, 1.54) is 76.2 Å². The van der Waals surface area contributed by atoms with Gasteiger partial charge in [0.2, 0.25) is 5.91 Å². The van der Waals surface area contributed by atoms with E-state index in [2.05, 4.69) is 31.3 Å². The number of nitrogens with one attached hydrogen (secondary N) is 1. The molecule has 0 spiro atoms. The Morgan fingerprint density at radius 1 is 0.852 bits per heavy atom. The Morgan fingerprint density at radius 3 is 2.07 bits per heavy atom. The number of aryl methyl sites for hydroxylation is 1. The van der Waals surface area contributed by atoms with Gasteiger partial charge in [0.1, 0.15) is 5.75 Å². The lowest BCUT2D eigenvalue weighted by molar-refractivity contribution is -0.114. The number of anilines is 1. The third-order valence-corrected chi connectivity index (χ3v) is 4.93. The van der Waals surface area contributed by atoms with Crippen molar-refractivity contribution in [1.29, 1.82) is 0 Å². The van der Waals surface area contributed by atoms with Gasteiger partial charge in [0.25, 0.3) is 0 Å². The van der Waals surface area contributed by atoms with Crippen molar-refractivity contribution in [3.63, 3.8) is 0 Å². The number of unbranched alkanes of at least 4 members (excludes halogenated alkanes) is 10. The molecule has 0 aliphatic rings. The lowest BCUT2D eigenvalue weighted by Gasteiger charge is -2.14. The van der Waals surface area contributed by atoms with Gasteiger partial charge in [-0.1, -0.05) is 84.1 Å². The molecular formula is C24H41NO2. The van der Waals surface area contributed by atoms with E-state index in [0.717, 1.165) is 30.9 Å². The molecular weight excluding hydrogens is 334 g/mol. The van der Waals surface area contributed by atoms with Crippen LogP contribution in [0, 0.1) is 0 Å². The van der Waals surface area contributed by atoms with Gasteiger partial charge in [-0.15, -0.1) is 0 Å². The maximum atomic E-state index is 11.5. The maximum absolute atomic E-state index is 11.5. The molecule has 0 atom stereocenters. The number of benzene rings is 1. The molecule has 154 valence electrons. The van der Waals surface area contributed by atoms with E-state index in [9.17, 15) is 4.79 Å². The summed E-state index contributed by atoms with van der Waals surface area (Å²) in [4.78, 5) is 11.5. The molecule has 0 fully saturated rings. The molecule has 1 amide bonds. The first-order chi connectivity index (χ1) is 13.2. The minimum absolute atomic E-state index is 0.0452. The number of rotatable bonds is 16. The van der Waals surface area contributed by atoms with Gasteiger partial charge in [-0.3, -0.25) is 4.79 Å². The molecule has 3 heteroatoms. The number of hydrogen-bond acceptors (Lipinski definition) is 2. The van der Waals surface area contributed by atoms with Crippen molar-refractivity contribution in [2.45, 2.75) is 104 Å². The van der Waals surface area contributed by atoms with Gasteiger partial charge < -0.3 is 10.1 Å². The summed E-state index contributed by atoms with van der Waals surface area (Å²) in [6.45, 7) is 6.76. The van der Waals surface area contributed by atoms with Crippen molar-refractivity contribution < 1.29 is 9.53 Å². The number of ether oxygens (including phenoxy) is 1. The molecule has 0 bridgehead atoms. The molecule has 27 heavy (non-hydrogen) atoms. The summed E-state index contributed by atoms with van der Waals surface area (Å²) in [5.74, 6) is 0.751. The average Bonchev–Trinajstić information content (AvgIpc) is 2.64. The van der Waals surface area contributed by atoms with Crippen molar-refractivity contribution in [2.75, 3.05) is 11.9 Å². The molecule has 1 aromatic rings. The van der Waals surface area contributed by atoms with Crippen LogP contribution in [0.1, 0.15) is 103 Å². The lowest BCUT2D eigenvalue weighted by Crippen LogP contribution is -2.09. The van der Waals surface area contributed by atoms with Gasteiger partial charge >= 0.3 is 0 Å². The third-order valence-electron chi connectivity index (χ3n) is 4.93. The highest BCUT2D eigenvalue weighted by atomic mass is 16.5. The highest BCUT2D eigenvalue weighted by molar-refractivity contribution is 5.90. The lowest BCUT2D eigenvalue weighted by atomic mass is 10.0. The van der Waals surface area contributed by atoms with Crippen LogP contribution in [-0.2, 0) is 11.2 Å². The number of carbonyl (C=O) groups is 1. The van der Waals surface area contributed by atoms with Gasteiger partial charge in [-0.05, 0) is 37.0 Å². The van der Waals surface area contributed by atoms with Crippen LogP contribution in [0.2, 0.25) is 0 Å². The van der Waals surface area contributed by atoms with Crippen LogP contribution in [0.3, 0.4) is 0 Å². The molecule has 0 aliphatic carbocycles. The van der Waals surface area contributed by atoms with E-state index in [-0.39, 0.29) is 5.91 Å². The molecule has 0 heterocycles. The van der Waals surface area contributed by atoms with Gasteiger partial charge in [0.05, 0.1) is 12.3 Å². The maximum Gasteiger partial charge on any atom is 0.221 e. The number of carbonyl (C=O) groups excluding carboxylic acids is 1. The Bertz CT molecular complexity index is 513. The van der Waals surface area contributed by atoms with E-state index in [1.807, 2.05) is 6.07 Å². The fraction of sp³-hybridized carbons (Fsp3) is 0.708. The summed E-state index contributed by atoms with van der Waals surface area (Å²) in [6.07, 6.45) is 16.4. The molecule has 3 nitrogen and oxygen atoms in total. The second-order valence-electron chi connectivity index (χ2n) is 7.65. The summed E-state index contributed by atoms with van der Waals surface area (Å²) in [6, 6.07) is 6.26. The smallest absolute Gasteiger partial charge is 0.221 e. The summed E-state index contributed by atoms with van der Waals surface area (Å²) >= 11 is 0. The van der Waals surface area contributed by atoms with Crippen molar-refractivity contribution in [2.24, 2.45) is 0 Å². The van der Waals surface area contributed by atoms with Crippen LogP contribution in [0.5, 0.6) is 5.75 Å². The van der Waals surface area contributed by atoms with Crippen LogP contribution < -0.4 is 10.1 Å². The molecule has 0 aromatic heterocycles. The third kappa shape index (κ3) is 11.7. The van der Waals surface area contributed by atoms with Crippen LogP contribution >= 0.6 is 0 Å². The Labute approximate surface area is 167 Å². The predicted molar refractivity (Wildman–Crippen MR) is 117 cm³/mol. The van der Waals surface area contributed by atoms with Crippen molar-refractivity contribution in [1.82, 2.24) is 0 Å². The van der Waals surface area contributed by atoms with Gasteiger partial charge in [-0.2, -0.15) is 0 Å². The monoisotopic (exact) mass is 375 g/mol. The minimum atomic E-state index is -0.0452. The largest absolute Gasteiger partial charge is 0.491 e. The number of hydrogen-bond donors (Lipinski definition) is 1. The molecule has 1 N–H and O–H groups in total. The predicted octanol–water partition coefficient (Wildman–Crippen LogP) is 7.29. The Hall–Kier alpha value is -1.51. The van der Waals surface area contributed by atoms with E-state index < -0.39 is 0 Å². The first-order valence-corrected chi connectivity index (χ1v) is 11.2. The summed E-state index contributed by atoms with van der Waals surface area (Å²) in [7, 11) is 0. The van der Waals surface area contributed by atoms with E-state index in [1.54, 1.807) is 6.92 Å². The highest BCUT2D eigenvalue weighted by Gasteiger charge is 2.07. The van der Waals surface area contributed by atoms with Crippen LogP contribution in [0.4, 0.5) is 5.69 Å². The second kappa shape index (κ2) is 15.5. The zero-order valence-electron chi connectivity index (χ0n) is 17.9. The molecule has 1 aromatic carbocycles. The standard InChI is InChI=1S/C24H41NO2/c1-4-6-8-10-12-14-16-22-17-18-24(23(20-22)25-21(3)26)27-19-15-13-11-9-7-5-2/h17-18,20H,4-16,19H2,1-3H3,(H,25,26). The van der Waals surface area contributed by atoms with E-state index in [0.29, 0.717) is 0 Å². The summed E-state index contributed by atoms with van der Waals surface area (Å²) in [5.41, 5.74) is 2.10. The Balaban J connectivity index is 2.43. The summed E-state index contributed by atoms with van der Waals surface area (Å²) < 4.78 is 5.95. The average molecular weight is 376 g/mol. The van der Waals surface area contributed by atoms with Crippen molar-refractivity contribution in [3.05, 3.63) is 23.8 Å². The topological polar surface area (TPSA) is 38.3 Å². The SMILES string of the molecule is CCCCCCCCOc1ccc(CCCCCCCC)cc1NC(C)=O. The first-order valence-electron chi connectivity index (χ1n) is 11.2. The molecule has 1 rings (SSSR count). The zero-order valence-corrected chi connectivity index (χ0v) is 17.9. The van der Waals surface area contributed by atoms with Crippen molar-refractivity contribution in [3.8, 4) is 5.75 Å². The fourth-order valence-corrected chi connectivity index (χ4v) is 3.32. The summed E-state index contributed by atoms with van der Waals surface area (Å²) in [5, 5.41) is 2.94. The highest BCUT2D eigenvalue weighted by Crippen LogP contribution is 2.27. The molecule has 0 saturated carbocycles. The molecule has 0 radical (unpaired) electrons. The normalized spacial score (nSPS) is 10.8.